The molecular formula is C10H9BrN2O2S. The van der Waals surface area contributed by atoms with E-state index in [1.807, 2.05) is 17.5 Å². The molecule has 0 aromatic carbocycles. The lowest BCUT2D eigenvalue weighted by Gasteiger charge is -2.04. The van der Waals surface area contributed by atoms with Crippen LogP contribution in [-0.2, 0) is 11.3 Å². The minimum absolute atomic E-state index is 0.189. The van der Waals surface area contributed by atoms with Gasteiger partial charge >= 0.3 is 0 Å². The third-order valence-electron chi connectivity index (χ3n) is 1.97. The molecule has 2 aromatic rings. The lowest BCUT2D eigenvalue weighted by atomic mass is 10.4. The number of methoxy groups -OCH3 is 1. The molecule has 6 heteroatoms. The van der Waals surface area contributed by atoms with Gasteiger partial charge in [0, 0.05) is 7.11 Å². The Morgan fingerprint density at radius 2 is 2.44 bits per heavy atom. The molecule has 0 saturated carbocycles. The Kier molecular flexibility index (Phi) is 3.52. The third kappa shape index (κ3) is 2.23. The van der Waals surface area contributed by atoms with E-state index < -0.39 is 0 Å². The molecule has 84 valence electrons. The van der Waals surface area contributed by atoms with Gasteiger partial charge in [-0.2, -0.15) is 0 Å². The molecule has 4 nitrogen and oxygen atoms in total. The monoisotopic (exact) mass is 300 g/mol. The number of aromatic amines is 1. The second-order valence-electron chi connectivity index (χ2n) is 3.09. The molecule has 0 spiro atoms. The van der Waals surface area contributed by atoms with Crippen molar-refractivity contribution in [3.05, 3.63) is 38.0 Å². The first-order chi connectivity index (χ1) is 7.72. The molecule has 0 radical (unpaired) electrons. The van der Waals surface area contributed by atoms with Crippen molar-refractivity contribution < 1.29 is 4.74 Å². The van der Waals surface area contributed by atoms with E-state index in [-0.39, 0.29) is 5.56 Å². The Morgan fingerprint density at radius 3 is 3.06 bits per heavy atom. The van der Waals surface area contributed by atoms with Crippen LogP contribution in [0.2, 0.25) is 0 Å². The van der Waals surface area contributed by atoms with Gasteiger partial charge in [-0.3, -0.25) is 4.79 Å². The molecule has 2 rings (SSSR count). The largest absolute Gasteiger partial charge is 0.378 e. The summed E-state index contributed by atoms with van der Waals surface area (Å²) in [6.07, 6.45) is 0. The van der Waals surface area contributed by atoms with Crippen molar-refractivity contribution in [2.24, 2.45) is 0 Å². The first-order valence-electron chi connectivity index (χ1n) is 4.54. The summed E-state index contributed by atoms with van der Waals surface area (Å²) in [4.78, 5) is 19.6. The summed E-state index contributed by atoms with van der Waals surface area (Å²) in [7, 11) is 1.57. The fourth-order valence-electron chi connectivity index (χ4n) is 1.27. The molecule has 0 aliphatic heterocycles. The number of nitrogens with one attached hydrogen (secondary N) is 1. The highest BCUT2D eigenvalue weighted by Crippen LogP contribution is 2.21. The van der Waals surface area contributed by atoms with E-state index >= 15 is 0 Å². The van der Waals surface area contributed by atoms with E-state index in [9.17, 15) is 4.79 Å². The number of hydrogen-bond donors (Lipinski definition) is 1. The van der Waals surface area contributed by atoms with E-state index in [1.54, 1.807) is 7.11 Å². The van der Waals surface area contributed by atoms with Crippen LogP contribution in [0, 0.1) is 0 Å². The van der Waals surface area contributed by atoms with Gasteiger partial charge < -0.3 is 9.72 Å². The van der Waals surface area contributed by atoms with E-state index in [0.29, 0.717) is 22.6 Å². The van der Waals surface area contributed by atoms with Gasteiger partial charge in [-0.05, 0) is 27.4 Å². The Balaban J connectivity index is 2.53. The summed E-state index contributed by atoms with van der Waals surface area (Å²) in [6.45, 7) is 0.308. The van der Waals surface area contributed by atoms with Crippen LogP contribution >= 0.6 is 27.3 Å². The molecule has 0 aliphatic rings. The number of nitrogens with zero attached hydrogens (tertiary/aromatic N) is 1. The zero-order valence-electron chi connectivity index (χ0n) is 8.49. The van der Waals surface area contributed by atoms with E-state index in [4.69, 9.17) is 4.74 Å². The van der Waals surface area contributed by atoms with Crippen LogP contribution in [0.4, 0.5) is 0 Å². The third-order valence-corrected chi connectivity index (χ3v) is 3.66. The summed E-state index contributed by atoms with van der Waals surface area (Å²) in [5, 5.41) is 1.94. The molecule has 0 aliphatic carbocycles. The fraction of sp³-hybridized carbons (Fsp3) is 0.200. The van der Waals surface area contributed by atoms with Crippen molar-refractivity contribution in [1.82, 2.24) is 9.97 Å². The van der Waals surface area contributed by atoms with E-state index in [1.165, 1.54) is 11.3 Å². The molecule has 0 unspecified atom stereocenters. The molecule has 0 bridgehead atoms. The Morgan fingerprint density at radius 1 is 1.62 bits per heavy atom. The van der Waals surface area contributed by atoms with Crippen molar-refractivity contribution in [2.75, 3.05) is 7.11 Å². The van der Waals surface area contributed by atoms with Gasteiger partial charge in [0.05, 0.1) is 17.2 Å². The SMILES string of the molecule is COCc1nc(-c2cccs2)[nH]c(=O)c1Br. The number of hydrogen-bond acceptors (Lipinski definition) is 4. The lowest BCUT2D eigenvalue weighted by molar-refractivity contribution is 0.180. The molecule has 0 fully saturated rings. The zero-order valence-corrected chi connectivity index (χ0v) is 10.9. The Hall–Kier alpha value is -0.980. The molecule has 1 N–H and O–H groups in total. The van der Waals surface area contributed by atoms with Gasteiger partial charge in [0.15, 0.2) is 5.82 Å². The predicted octanol–water partition coefficient (Wildman–Crippen LogP) is 2.41. The maximum absolute atomic E-state index is 11.6. The van der Waals surface area contributed by atoms with Crippen molar-refractivity contribution in [2.45, 2.75) is 6.61 Å². The fourth-order valence-corrected chi connectivity index (χ4v) is 2.24. The molecule has 16 heavy (non-hydrogen) atoms. The average Bonchev–Trinajstić information content (AvgIpc) is 2.78. The number of rotatable bonds is 3. The van der Waals surface area contributed by atoms with Crippen LogP contribution in [-0.4, -0.2) is 17.1 Å². The topological polar surface area (TPSA) is 55.0 Å². The molecule has 0 saturated heterocycles. The quantitative estimate of drug-likeness (QED) is 0.947. The van der Waals surface area contributed by atoms with Crippen LogP contribution in [0.3, 0.4) is 0 Å². The van der Waals surface area contributed by atoms with Gasteiger partial charge in [-0.1, -0.05) is 6.07 Å². The van der Waals surface area contributed by atoms with Gasteiger partial charge in [-0.15, -0.1) is 11.3 Å². The minimum atomic E-state index is -0.189. The van der Waals surface area contributed by atoms with Crippen LogP contribution in [0.15, 0.2) is 26.8 Å². The molecule has 0 atom stereocenters. The Bertz CT molecular complexity index is 536. The van der Waals surface area contributed by atoms with Crippen molar-refractivity contribution in [3.8, 4) is 10.7 Å². The summed E-state index contributed by atoms with van der Waals surface area (Å²) >= 11 is 4.72. The highest BCUT2D eigenvalue weighted by molar-refractivity contribution is 9.10. The number of aromatic nitrogens is 2. The minimum Gasteiger partial charge on any atom is -0.378 e. The second-order valence-corrected chi connectivity index (χ2v) is 4.83. The molecular weight excluding hydrogens is 292 g/mol. The summed E-state index contributed by atoms with van der Waals surface area (Å²) in [5.41, 5.74) is 0.417. The predicted molar refractivity (Wildman–Crippen MR) is 66.6 cm³/mol. The first kappa shape index (κ1) is 11.5. The smallest absolute Gasteiger partial charge is 0.265 e. The average molecular weight is 301 g/mol. The maximum atomic E-state index is 11.6. The van der Waals surface area contributed by atoms with Crippen LogP contribution in [0.1, 0.15) is 5.69 Å². The molecule has 0 amide bonds. The van der Waals surface area contributed by atoms with Crippen LogP contribution in [0.25, 0.3) is 10.7 Å². The zero-order chi connectivity index (χ0) is 11.5. The summed E-state index contributed by atoms with van der Waals surface area (Å²) < 4.78 is 5.42. The Labute approximate surface area is 104 Å². The lowest BCUT2D eigenvalue weighted by Crippen LogP contribution is -2.13. The van der Waals surface area contributed by atoms with Crippen LogP contribution < -0.4 is 5.56 Å². The number of thiophene rings is 1. The van der Waals surface area contributed by atoms with Gasteiger partial charge in [0.25, 0.3) is 5.56 Å². The van der Waals surface area contributed by atoms with E-state index in [0.717, 1.165) is 4.88 Å². The van der Waals surface area contributed by atoms with Crippen LogP contribution in [0.5, 0.6) is 0 Å². The highest BCUT2D eigenvalue weighted by atomic mass is 79.9. The standard InChI is InChI=1S/C10H9BrN2O2S/c1-15-5-6-8(11)10(14)13-9(12-6)7-3-2-4-16-7/h2-4H,5H2,1H3,(H,12,13,14). The molecule has 2 aromatic heterocycles. The van der Waals surface area contributed by atoms with Crippen molar-refractivity contribution >= 4 is 27.3 Å². The van der Waals surface area contributed by atoms with Crippen molar-refractivity contribution in [3.63, 3.8) is 0 Å². The van der Waals surface area contributed by atoms with Gasteiger partial charge in [-0.25, -0.2) is 4.98 Å². The summed E-state index contributed by atoms with van der Waals surface area (Å²) in [5.74, 6) is 0.579. The van der Waals surface area contributed by atoms with Crippen molar-refractivity contribution in [1.29, 1.82) is 0 Å². The maximum Gasteiger partial charge on any atom is 0.265 e. The number of halogens is 1. The van der Waals surface area contributed by atoms with E-state index in [2.05, 4.69) is 25.9 Å². The van der Waals surface area contributed by atoms with Gasteiger partial charge in [0.1, 0.15) is 4.47 Å². The highest BCUT2D eigenvalue weighted by Gasteiger charge is 2.10. The first-order valence-corrected chi connectivity index (χ1v) is 6.21. The summed E-state index contributed by atoms with van der Waals surface area (Å²) in [6, 6.07) is 3.82. The molecule has 2 heterocycles. The number of H-pyrrole nitrogens is 1. The van der Waals surface area contributed by atoms with Gasteiger partial charge in [0.2, 0.25) is 0 Å². The normalized spacial score (nSPS) is 10.6. The second kappa shape index (κ2) is 4.90. The number of ether oxygens (including phenoxy) is 1.